The Bertz CT molecular complexity index is 372. The SMILES string of the molecule is CC[C@@H]1CCCC(=O)[C@@H]1[C@@H](O)c1ccccc1. The van der Waals surface area contributed by atoms with Crippen molar-refractivity contribution in [2.75, 3.05) is 0 Å². The van der Waals surface area contributed by atoms with Gasteiger partial charge in [0.15, 0.2) is 0 Å². The second-order valence-electron chi connectivity index (χ2n) is 4.91. The molecule has 0 aromatic heterocycles. The zero-order chi connectivity index (χ0) is 12.3. The molecule has 17 heavy (non-hydrogen) atoms. The number of rotatable bonds is 3. The van der Waals surface area contributed by atoms with E-state index in [0.717, 1.165) is 24.8 Å². The lowest BCUT2D eigenvalue weighted by molar-refractivity contribution is -0.132. The molecule has 2 heteroatoms. The van der Waals surface area contributed by atoms with E-state index >= 15 is 0 Å². The summed E-state index contributed by atoms with van der Waals surface area (Å²) < 4.78 is 0. The maximum atomic E-state index is 12.0. The summed E-state index contributed by atoms with van der Waals surface area (Å²) >= 11 is 0. The molecule has 0 heterocycles. The minimum Gasteiger partial charge on any atom is -0.388 e. The van der Waals surface area contributed by atoms with E-state index in [2.05, 4.69) is 6.92 Å². The van der Waals surface area contributed by atoms with Gasteiger partial charge in [0.25, 0.3) is 0 Å². The molecule has 0 unspecified atom stereocenters. The summed E-state index contributed by atoms with van der Waals surface area (Å²) in [7, 11) is 0. The molecule has 0 aliphatic heterocycles. The molecule has 1 saturated carbocycles. The molecule has 2 nitrogen and oxygen atoms in total. The van der Waals surface area contributed by atoms with Crippen molar-refractivity contribution in [1.82, 2.24) is 0 Å². The molecule has 2 rings (SSSR count). The van der Waals surface area contributed by atoms with Crippen molar-refractivity contribution in [3.05, 3.63) is 35.9 Å². The lowest BCUT2D eigenvalue weighted by Gasteiger charge is -2.33. The van der Waals surface area contributed by atoms with Crippen LogP contribution in [0.2, 0.25) is 0 Å². The van der Waals surface area contributed by atoms with Crippen molar-refractivity contribution in [2.24, 2.45) is 11.8 Å². The number of benzene rings is 1. The highest BCUT2D eigenvalue weighted by Gasteiger charge is 2.36. The predicted molar refractivity (Wildman–Crippen MR) is 67.5 cm³/mol. The highest BCUT2D eigenvalue weighted by atomic mass is 16.3. The molecule has 0 spiro atoms. The summed E-state index contributed by atoms with van der Waals surface area (Å²) in [6, 6.07) is 9.55. The number of aliphatic hydroxyl groups excluding tert-OH is 1. The smallest absolute Gasteiger partial charge is 0.139 e. The monoisotopic (exact) mass is 232 g/mol. The molecule has 0 saturated heterocycles. The van der Waals surface area contributed by atoms with E-state index in [4.69, 9.17) is 0 Å². The van der Waals surface area contributed by atoms with Crippen LogP contribution in [0.25, 0.3) is 0 Å². The van der Waals surface area contributed by atoms with Gasteiger partial charge in [0.1, 0.15) is 5.78 Å². The van der Waals surface area contributed by atoms with Crippen LogP contribution < -0.4 is 0 Å². The summed E-state index contributed by atoms with van der Waals surface area (Å²) in [6.07, 6.45) is 3.02. The van der Waals surface area contributed by atoms with Crippen molar-refractivity contribution in [2.45, 2.75) is 38.7 Å². The number of hydrogen-bond donors (Lipinski definition) is 1. The number of hydrogen-bond acceptors (Lipinski definition) is 2. The first-order valence-corrected chi connectivity index (χ1v) is 6.49. The van der Waals surface area contributed by atoms with Crippen LogP contribution in [0.5, 0.6) is 0 Å². The topological polar surface area (TPSA) is 37.3 Å². The number of ketones is 1. The van der Waals surface area contributed by atoms with Crippen LogP contribution in [0.3, 0.4) is 0 Å². The largest absolute Gasteiger partial charge is 0.388 e. The summed E-state index contributed by atoms with van der Waals surface area (Å²) in [5.74, 6) is 0.377. The molecule has 92 valence electrons. The molecule has 0 radical (unpaired) electrons. The second kappa shape index (κ2) is 5.46. The highest BCUT2D eigenvalue weighted by Crippen LogP contribution is 2.38. The van der Waals surface area contributed by atoms with E-state index < -0.39 is 6.10 Å². The van der Waals surface area contributed by atoms with Gasteiger partial charge in [-0.05, 0) is 24.3 Å². The fraction of sp³-hybridized carbons (Fsp3) is 0.533. The van der Waals surface area contributed by atoms with E-state index in [1.165, 1.54) is 0 Å². The van der Waals surface area contributed by atoms with Crippen molar-refractivity contribution >= 4 is 5.78 Å². The molecular formula is C15H20O2. The van der Waals surface area contributed by atoms with Gasteiger partial charge < -0.3 is 5.11 Å². The van der Waals surface area contributed by atoms with Crippen LogP contribution >= 0.6 is 0 Å². The van der Waals surface area contributed by atoms with Crippen molar-refractivity contribution in [3.8, 4) is 0 Å². The van der Waals surface area contributed by atoms with E-state index in [0.29, 0.717) is 12.3 Å². The summed E-state index contributed by atoms with van der Waals surface area (Å²) in [5.41, 5.74) is 0.867. The first-order chi connectivity index (χ1) is 8.24. The lowest BCUT2D eigenvalue weighted by Crippen LogP contribution is -2.33. The number of Topliss-reactive ketones (excluding diaryl/α,β-unsaturated/α-hetero) is 1. The van der Waals surface area contributed by atoms with E-state index in [1.807, 2.05) is 30.3 Å². The zero-order valence-corrected chi connectivity index (χ0v) is 10.3. The maximum Gasteiger partial charge on any atom is 0.139 e. The molecule has 3 atom stereocenters. The molecular weight excluding hydrogens is 212 g/mol. The van der Waals surface area contributed by atoms with Crippen LogP contribution in [0.15, 0.2) is 30.3 Å². The number of aliphatic hydroxyl groups is 1. The average Bonchev–Trinajstić information content (AvgIpc) is 2.38. The maximum absolute atomic E-state index is 12.0. The Morgan fingerprint density at radius 2 is 2.06 bits per heavy atom. The standard InChI is InChI=1S/C15H20O2/c1-2-11-9-6-10-13(16)14(11)15(17)12-7-4-3-5-8-12/h3-5,7-8,11,14-15,17H,2,6,9-10H2,1H3/t11-,14-,15+/m1/s1. The minimum absolute atomic E-state index is 0.198. The van der Waals surface area contributed by atoms with Gasteiger partial charge in [-0.3, -0.25) is 4.79 Å². The molecule has 1 N–H and O–H groups in total. The Labute approximate surface area is 103 Å². The minimum atomic E-state index is -0.631. The molecule has 1 aromatic carbocycles. The van der Waals surface area contributed by atoms with Gasteiger partial charge in [0.05, 0.1) is 12.0 Å². The fourth-order valence-electron chi connectivity index (χ4n) is 2.90. The first-order valence-electron chi connectivity index (χ1n) is 6.49. The quantitative estimate of drug-likeness (QED) is 0.869. The summed E-state index contributed by atoms with van der Waals surface area (Å²) in [6.45, 7) is 2.11. The van der Waals surface area contributed by atoms with Gasteiger partial charge in [-0.15, -0.1) is 0 Å². The predicted octanol–water partition coefficient (Wildman–Crippen LogP) is 3.12. The van der Waals surface area contributed by atoms with Crippen molar-refractivity contribution < 1.29 is 9.90 Å². The Kier molecular flexibility index (Phi) is 3.95. The Balaban J connectivity index is 2.21. The van der Waals surface area contributed by atoms with E-state index in [9.17, 15) is 9.90 Å². The van der Waals surface area contributed by atoms with E-state index in [-0.39, 0.29) is 11.7 Å². The van der Waals surface area contributed by atoms with Crippen LogP contribution in [-0.2, 0) is 4.79 Å². The molecule has 0 amide bonds. The Morgan fingerprint density at radius 3 is 2.71 bits per heavy atom. The first kappa shape index (κ1) is 12.3. The number of carbonyl (C=O) groups is 1. The lowest BCUT2D eigenvalue weighted by atomic mass is 9.72. The Hall–Kier alpha value is -1.15. The molecule has 1 aromatic rings. The second-order valence-corrected chi connectivity index (χ2v) is 4.91. The average molecular weight is 232 g/mol. The zero-order valence-electron chi connectivity index (χ0n) is 10.3. The van der Waals surface area contributed by atoms with Crippen molar-refractivity contribution in [1.29, 1.82) is 0 Å². The molecule has 0 bridgehead atoms. The van der Waals surface area contributed by atoms with Crippen LogP contribution in [0.4, 0.5) is 0 Å². The molecule has 1 fully saturated rings. The summed E-state index contributed by atoms with van der Waals surface area (Å²) in [5, 5.41) is 10.4. The van der Waals surface area contributed by atoms with Gasteiger partial charge >= 0.3 is 0 Å². The highest BCUT2D eigenvalue weighted by molar-refractivity contribution is 5.82. The third-order valence-electron chi connectivity index (χ3n) is 3.88. The normalized spacial score (nSPS) is 26.8. The fourth-order valence-corrected chi connectivity index (χ4v) is 2.90. The Morgan fingerprint density at radius 1 is 1.35 bits per heavy atom. The van der Waals surface area contributed by atoms with Crippen LogP contribution in [0, 0.1) is 11.8 Å². The van der Waals surface area contributed by atoms with Gasteiger partial charge in [-0.2, -0.15) is 0 Å². The third-order valence-corrected chi connectivity index (χ3v) is 3.88. The molecule has 1 aliphatic carbocycles. The van der Waals surface area contributed by atoms with Gasteiger partial charge in [-0.1, -0.05) is 43.7 Å². The van der Waals surface area contributed by atoms with Gasteiger partial charge in [-0.25, -0.2) is 0 Å². The van der Waals surface area contributed by atoms with Gasteiger partial charge in [0.2, 0.25) is 0 Å². The van der Waals surface area contributed by atoms with Gasteiger partial charge in [0, 0.05) is 6.42 Å². The van der Waals surface area contributed by atoms with Crippen molar-refractivity contribution in [3.63, 3.8) is 0 Å². The number of carbonyl (C=O) groups excluding carboxylic acids is 1. The molecule has 1 aliphatic rings. The van der Waals surface area contributed by atoms with E-state index in [1.54, 1.807) is 0 Å². The van der Waals surface area contributed by atoms with Crippen LogP contribution in [-0.4, -0.2) is 10.9 Å². The summed E-state index contributed by atoms with van der Waals surface area (Å²) in [4.78, 5) is 12.0. The third kappa shape index (κ3) is 2.58. The van der Waals surface area contributed by atoms with Crippen LogP contribution in [0.1, 0.15) is 44.3 Å².